The molecule has 154 valence electrons. The van der Waals surface area contributed by atoms with Crippen molar-refractivity contribution >= 4 is 34.9 Å². The fraction of sp³-hybridized carbons (Fsp3) is 0.238. The molecule has 1 N–H and O–H groups in total. The Bertz CT molecular complexity index is 1030. The van der Waals surface area contributed by atoms with E-state index >= 15 is 0 Å². The van der Waals surface area contributed by atoms with E-state index in [2.05, 4.69) is 5.32 Å². The molecule has 2 aromatic carbocycles. The zero-order valence-corrected chi connectivity index (χ0v) is 15.9. The highest BCUT2D eigenvalue weighted by atomic mass is 16.5. The number of amides is 2. The highest BCUT2D eigenvalue weighted by Gasteiger charge is 2.26. The maximum absolute atomic E-state index is 12.3. The van der Waals surface area contributed by atoms with Gasteiger partial charge in [0, 0.05) is 12.1 Å². The first kappa shape index (κ1) is 19.4. The van der Waals surface area contributed by atoms with Crippen molar-refractivity contribution in [2.24, 2.45) is 0 Å². The second-order valence-corrected chi connectivity index (χ2v) is 6.68. The van der Waals surface area contributed by atoms with Crippen LogP contribution < -0.4 is 19.7 Å². The highest BCUT2D eigenvalue weighted by Crippen LogP contribution is 2.31. The number of anilines is 2. The Kier molecular flexibility index (Phi) is 5.34. The van der Waals surface area contributed by atoms with E-state index in [0.717, 1.165) is 0 Å². The van der Waals surface area contributed by atoms with Crippen molar-refractivity contribution in [3.05, 3.63) is 48.0 Å². The average Bonchev–Trinajstić information content (AvgIpc) is 2.76. The van der Waals surface area contributed by atoms with Crippen LogP contribution in [-0.4, -0.2) is 49.9 Å². The summed E-state index contributed by atoms with van der Waals surface area (Å²) in [6.45, 7) is -0.494. The van der Waals surface area contributed by atoms with Crippen molar-refractivity contribution in [1.29, 1.82) is 0 Å². The Morgan fingerprint density at radius 3 is 2.70 bits per heavy atom. The lowest BCUT2D eigenvalue weighted by molar-refractivity contribution is -0.142. The Morgan fingerprint density at radius 1 is 1.03 bits per heavy atom. The van der Waals surface area contributed by atoms with Gasteiger partial charge in [0.05, 0.1) is 17.8 Å². The summed E-state index contributed by atoms with van der Waals surface area (Å²) in [6, 6.07) is 11.6. The van der Waals surface area contributed by atoms with Gasteiger partial charge in [-0.05, 0) is 30.3 Å². The molecule has 2 amide bonds. The summed E-state index contributed by atoms with van der Waals surface area (Å²) in [6.07, 6.45) is -0.0680. The lowest BCUT2D eigenvalue weighted by atomic mass is 10.1. The van der Waals surface area contributed by atoms with Crippen molar-refractivity contribution < 1.29 is 33.4 Å². The number of rotatable bonds is 6. The lowest BCUT2D eigenvalue weighted by Crippen LogP contribution is -2.40. The van der Waals surface area contributed by atoms with Gasteiger partial charge in [-0.25, -0.2) is 0 Å². The van der Waals surface area contributed by atoms with Gasteiger partial charge in [0.25, 0.3) is 11.8 Å². The van der Waals surface area contributed by atoms with E-state index < -0.39 is 18.4 Å². The van der Waals surface area contributed by atoms with Crippen LogP contribution in [0.15, 0.2) is 42.5 Å². The number of nitrogens with zero attached hydrogens (tertiary/aromatic N) is 1. The van der Waals surface area contributed by atoms with Gasteiger partial charge in [-0.3, -0.25) is 19.2 Å². The van der Waals surface area contributed by atoms with E-state index in [-0.39, 0.29) is 43.6 Å². The summed E-state index contributed by atoms with van der Waals surface area (Å²) in [5, 5.41) is 2.62. The van der Waals surface area contributed by atoms with Gasteiger partial charge in [0.2, 0.25) is 0 Å². The molecule has 2 aliphatic heterocycles. The molecule has 2 aromatic rings. The number of carbonyl (C=O) groups is 4. The molecule has 0 bridgehead atoms. The van der Waals surface area contributed by atoms with Crippen LogP contribution in [0, 0.1) is 0 Å². The van der Waals surface area contributed by atoms with Gasteiger partial charge >= 0.3 is 5.97 Å². The fourth-order valence-electron chi connectivity index (χ4n) is 3.16. The van der Waals surface area contributed by atoms with Gasteiger partial charge in [-0.15, -0.1) is 0 Å². The number of benzene rings is 2. The van der Waals surface area contributed by atoms with Gasteiger partial charge in [0.1, 0.15) is 11.5 Å². The van der Waals surface area contributed by atoms with Crippen LogP contribution in [0.2, 0.25) is 0 Å². The molecule has 0 aliphatic carbocycles. The van der Waals surface area contributed by atoms with E-state index in [1.807, 2.05) is 0 Å². The first-order chi connectivity index (χ1) is 14.5. The number of fused-ring (bicyclic) bond motifs is 2. The molecule has 2 aliphatic rings. The van der Waals surface area contributed by atoms with Crippen molar-refractivity contribution in [3.8, 4) is 11.5 Å². The molecule has 4 rings (SSSR count). The van der Waals surface area contributed by atoms with Crippen LogP contribution >= 0.6 is 0 Å². The van der Waals surface area contributed by atoms with Gasteiger partial charge in [-0.1, -0.05) is 12.1 Å². The largest absolute Gasteiger partial charge is 0.482 e. The minimum Gasteiger partial charge on any atom is -0.482 e. The molecule has 30 heavy (non-hydrogen) atoms. The van der Waals surface area contributed by atoms with Crippen molar-refractivity contribution in [2.75, 3.05) is 36.6 Å². The molecule has 9 heteroatoms. The molecule has 0 spiro atoms. The Hall–Kier alpha value is -3.88. The second-order valence-electron chi connectivity index (χ2n) is 6.68. The number of Topliss-reactive ketones (excluding diaryl/α,β-unsaturated/α-hetero) is 1. The van der Waals surface area contributed by atoms with E-state index in [0.29, 0.717) is 22.9 Å². The van der Waals surface area contributed by atoms with Crippen molar-refractivity contribution in [1.82, 2.24) is 0 Å². The predicted octanol–water partition coefficient (Wildman–Crippen LogP) is 1.56. The third kappa shape index (κ3) is 4.09. The summed E-state index contributed by atoms with van der Waals surface area (Å²) >= 11 is 0. The molecule has 0 atom stereocenters. The quantitative estimate of drug-likeness (QED) is 0.568. The molecule has 0 aromatic heterocycles. The SMILES string of the molecule is O=C1COc2ccc(C(=O)COC(=O)CCN3C(=O)COc4ccccc43)cc2N1. The topological polar surface area (TPSA) is 111 Å². The minimum absolute atomic E-state index is 0.0680. The number of para-hydroxylation sites is 2. The molecular formula is C21H18N2O7. The third-order valence-electron chi connectivity index (χ3n) is 4.65. The molecule has 0 saturated carbocycles. The molecule has 0 fully saturated rings. The lowest BCUT2D eigenvalue weighted by Gasteiger charge is -2.28. The van der Waals surface area contributed by atoms with Crippen molar-refractivity contribution in [2.45, 2.75) is 6.42 Å². The Morgan fingerprint density at radius 2 is 1.83 bits per heavy atom. The number of ether oxygens (including phenoxy) is 3. The van der Waals surface area contributed by atoms with Crippen LogP contribution in [0.3, 0.4) is 0 Å². The number of ketones is 1. The Balaban J connectivity index is 1.31. The van der Waals surface area contributed by atoms with Crippen LogP contribution in [0.5, 0.6) is 11.5 Å². The maximum Gasteiger partial charge on any atom is 0.308 e. The summed E-state index contributed by atoms with van der Waals surface area (Å²) in [5.41, 5.74) is 1.27. The molecule has 0 unspecified atom stereocenters. The number of nitrogens with one attached hydrogen (secondary N) is 1. The van der Waals surface area contributed by atoms with E-state index in [1.165, 1.54) is 17.0 Å². The second kappa shape index (κ2) is 8.24. The number of esters is 1. The standard InChI is InChI=1S/C21H18N2O7/c24-16(13-5-6-17-14(9-13)22-19(25)11-28-17)10-30-21(27)7-8-23-15-3-1-2-4-18(15)29-12-20(23)26/h1-6,9H,7-8,10-12H2,(H,22,25). The number of hydrogen-bond acceptors (Lipinski definition) is 7. The van der Waals surface area contributed by atoms with Crippen LogP contribution in [0.25, 0.3) is 0 Å². The summed E-state index contributed by atoms with van der Waals surface area (Å²) in [4.78, 5) is 49.4. The summed E-state index contributed by atoms with van der Waals surface area (Å²) in [7, 11) is 0. The van der Waals surface area contributed by atoms with E-state index in [4.69, 9.17) is 14.2 Å². The van der Waals surface area contributed by atoms with Crippen LogP contribution in [-0.2, 0) is 19.1 Å². The zero-order chi connectivity index (χ0) is 21.1. The van der Waals surface area contributed by atoms with E-state index in [9.17, 15) is 19.2 Å². The van der Waals surface area contributed by atoms with Gasteiger partial charge in [-0.2, -0.15) is 0 Å². The monoisotopic (exact) mass is 410 g/mol. The third-order valence-corrected chi connectivity index (χ3v) is 4.65. The average molecular weight is 410 g/mol. The molecule has 2 heterocycles. The van der Waals surface area contributed by atoms with Gasteiger partial charge in [0.15, 0.2) is 25.6 Å². The van der Waals surface area contributed by atoms with Gasteiger partial charge < -0.3 is 24.4 Å². The summed E-state index contributed by atoms with van der Waals surface area (Å²) < 4.78 is 15.7. The first-order valence-electron chi connectivity index (χ1n) is 9.29. The molecule has 0 saturated heterocycles. The predicted molar refractivity (Wildman–Crippen MR) is 105 cm³/mol. The van der Waals surface area contributed by atoms with Crippen LogP contribution in [0.4, 0.5) is 11.4 Å². The smallest absolute Gasteiger partial charge is 0.308 e. The summed E-state index contributed by atoms with van der Waals surface area (Å²) in [5.74, 6) is -0.537. The number of carbonyl (C=O) groups excluding carboxylic acids is 4. The van der Waals surface area contributed by atoms with Crippen molar-refractivity contribution in [3.63, 3.8) is 0 Å². The molecule has 0 radical (unpaired) electrons. The maximum atomic E-state index is 12.3. The molecule has 9 nitrogen and oxygen atoms in total. The number of hydrogen-bond donors (Lipinski definition) is 1. The minimum atomic E-state index is -0.602. The zero-order valence-electron chi connectivity index (χ0n) is 15.9. The first-order valence-corrected chi connectivity index (χ1v) is 9.29. The molecular weight excluding hydrogens is 392 g/mol. The normalized spacial score (nSPS) is 14.6. The van der Waals surface area contributed by atoms with E-state index in [1.54, 1.807) is 30.3 Å². The Labute approximate surface area is 171 Å². The fourth-order valence-corrected chi connectivity index (χ4v) is 3.16. The highest BCUT2D eigenvalue weighted by molar-refractivity contribution is 6.02. The van der Waals surface area contributed by atoms with Crippen LogP contribution in [0.1, 0.15) is 16.8 Å².